The summed E-state index contributed by atoms with van der Waals surface area (Å²) in [6.45, 7) is 10.4. The Balaban J connectivity index is 0.661. The zero-order chi connectivity index (χ0) is 88.1. The van der Waals surface area contributed by atoms with Gasteiger partial charge >= 0.3 is 6.03 Å². The maximum Gasteiger partial charge on any atom is 0.312 e. The van der Waals surface area contributed by atoms with Gasteiger partial charge < -0.3 is 81.3 Å². The molecule has 29 heteroatoms. The number of ether oxygens (including phenoxy) is 5. The van der Waals surface area contributed by atoms with Crippen molar-refractivity contribution in [3.05, 3.63) is 239 Å². The Morgan fingerprint density at radius 1 is 0.634 bits per heavy atom. The Hall–Kier alpha value is -13.6. The van der Waals surface area contributed by atoms with Crippen LogP contribution in [0.1, 0.15) is 134 Å². The van der Waals surface area contributed by atoms with E-state index in [2.05, 4.69) is 62.3 Å². The highest BCUT2D eigenvalue weighted by molar-refractivity contribution is 6.15. The highest BCUT2D eigenvalue weighted by Gasteiger charge is 2.44. The molecule has 0 fully saturated rings. The van der Waals surface area contributed by atoms with Crippen LogP contribution in [0.15, 0.2) is 194 Å². The van der Waals surface area contributed by atoms with E-state index in [1.165, 1.54) is 51.1 Å². The Labute approximate surface area is 716 Å². The van der Waals surface area contributed by atoms with Crippen molar-refractivity contribution >= 4 is 104 Å². The van der Waals surface area contributed by atoms with Crippen molar-refractivity contribution in [1.82, 2.24) is 41.7 Å². The van der Waals surface area contributed by atoms with Crippen molar-refractivity contribution < 1.29 is 76.4 Å². The molecule has 10 rings (SSSR count). The number of carbonyl (C=O) groups is 11. The maximum atomic E-state index is 15.1. The fourth-order valence-corrected chi connectivity index (χ4v) is 14.3. The van der Waals surface area contributed by atoms with E-state index in [0.717, 1.165) is 55.5 Å². The molecular weight excluding hydrogens is 1570 g/mol. The van der Waals surface area contributed by atoms with Crippen LogP contribution in [-0.2, 0) is 61.0 Å². The molecule has 0 unspecified atom stereocenters. The monoisotopic (exact) mass is 1670 g/mol. The number of nitrogens with one attached hydrogen (secondary N) is 7. The Morgan fingerprint density at radius 3 is 1.95 bits per heavy atom. The van der Waals surface area contributed by atoms with Gasteiger partial charge in [-0.05, 0) is 188 Å². The van der Waals surface area contributed by atoms with Gasteiger partial charge in [-0.1, -0.05) is 124 Å². The Morgan fingerprint density at radius 2 is 1.29 bits per heavy atom. The molecule has 0 saturated carbocycles. The van der Waals surface area contributed by atoms with Crippen molar-refractivity contribution in [2.75, 3.05) is 95.5 Å². The van der Waals surface area contributed by atoms with Crippen molar-refractivity contribution in [3.63, 3.8) is 0 Å². The number of likely N-dealkylation sites (N-methyl/N-ethyl adjacent to an activating group) is 2. The largest absolute Gasteiger partial charge is 0.496 e. The van der Waals surface area contributed by atoms with Gasteiger partial charge in [-0.2, -0.15) is 5.26 Å². The summed E-state index contributed by atoms with van der Waals surface area (Å²) < 4.78 is 29.6. The number of nitrogens with two attached hydrogens (primary N) is 1. The summed E-state index contributed by atoms with van der Waals surface area (Å²) in [5.74, 6) is -2.92. The number of fused-ring (bicyclic) bond motifs is 2. The molecule has 0 saturated heterocycles. The normalized spacial score (nSPS) is 14.6. The van der Waals surface area contributed by atoms with Crippen LogP contribution >= 0.6 is 0 Å². The van der Waals surface area contributed by atoms with Gasteiger partial charge in [0.1, 0.15) is 55.2 Å². The van der Waals surface area contributed by atoms with Crippen LogP contribution in [0.5, 0.6) is 17.2 Å². The minimum Gasteiger partial charge on any atom is -0.496 e. The summed E-state index contributed by atoms with van der Waals surface area (Å²) in [4.78, 5) is 152. The molecule has 8 aromatic rings. The lowest BCUT2D eigenvalue weighted by molar-refractivity contribution is -0.137. The number of benzene rings is 8. The van der Waals surface area contributed by atoms with E-state index in [-0.39, 0.29) is 137 Å². The molecule has 0 aromatic heterocycles. The molecule has 29 nitrogen and oxygen atoms in total. The fourth-order valence-electron chi connectivity index (χ4n) is 14.3. The molecule has 2 heterocycles. The molecule has 644 valence electrons. The van der Waals surface area contributed by atoms with Gasteiger partial charge in [0.2, 0.25) is 29.5 Å². The lowest BCUT2D eigenvalue weighted by Gasteiger charge is -2.33. The SMILES string of the molecule is CC/C(=C(\c1ccc(OCCN(C)C(=O)COCCOCCNC(=O)c2ccc(C(=O)N3c4cc(C#N)ccc4N(Cc4c(OC)ccc5ccccc45)C(=O)[C@@H](NC(=O)[C@H](C)NC)[C@@H]3C)cc2)cc1)c1ccc(OCc2ccc(NC(=O)[C@H](CCCNC(N)=O)NC(=O)[C@@H](NC(=O)CCCCCN3C(=O)C=CC3=O)C(C)C)cc2)cc1)c1ccccc1. The Kier molecular flexibility index (Phi) is 33.7. The number of unbranched alkanes of at least 4 members (excludes halogenated alkanes) is 2. The van der Waals surface area contributed by atoms with E-state index in [0.29, 0.717) is 59.9 Å². The summed E-state index contributed by atoms with van der Waals surface area (Å²) in [5.41, 5.74) is 13.6. The Bertz CT molecular complexity index is 5150. The van der Waals surface area contributed by atoms with E-state index in [1.54, 1.807) is 79.2 Å². The number of carbonyl (C=O) groups excluding carboxylic acids is 11. The predicted molar refractivity (Wildman–Crippen MR) is 468 cm³/mol. The van der Waals surface area contributed by atoms with Gasteiger partial charge in [-0.15, -0.1) is 0 Å². The second-order valence-corrected chi connectivity index (χ2v) is 30.1. The quantitative estimate of drug-likeness (QED) is 0.01000. The highest BCUT2D eigenvalue weighted by Crippen LogP contribution is 2.41. The van der Waals surface area contributed by atoms with Gasteiger partial charge in [-0.3, -0.25) is 52.8 Å². The number of amides is 12. The number of methoxy groups -OCH3 is 1. The zero-order valence-corrected chi connectivity index (χ0v) is 70.5. The third kappa shape index (κ3) is 25.1. The average molecular weight is 1670 g/mol. The molecule has 0 bridgehead atoms. The van der Waals surface area contributed by atoms with Gasteiger partial charge in [0.15, 0.2) is 0 Å². The lowest BCUT2D eigenvalue weighted by atomic mass is 9.88. The molecule has 0 radical (unpaired) electrons. The van der Waals surface area contributed by atoms with Crippen molar-refractivity contribution in [2.24, 2.45) is 11.7 Å². The lowest BCUT2D eigenvalue weighted by Crippen LogP contribution is -2.59. The predicted octanol–water partition coefficient (Wildman–Crippen LogP) is 10.1. The van der Waals surface area contributed by atoms with Crippen molar-refractivity contribution in [2.45, 2.75) is 123 Å². The van der Waals surface area contributed by atoms with Crippen LogP contribution in [-0.4, -0.2) is 186 Å². The van der Waals surface area contributed by atoms with E-state index < -0.39 is 71.7 Å². The summed E-state index contributed by atoms with van der Waals surface area (Å²) in [5, 5.41) is 31.5. The molecule has 2 aliphatic rings. The smallest absolute Gasteiger partial charge is 0.312 e. The number of hydrogen-bond acceptors (Lipinski definition) is 18. The minimum atomic E-state index is -1.26. The molecule has 2 aliphatic heterocycles. The van der Waals surface area contributed by atoms with Crippen LogP contribution in [0.25, 0.3) is 21.9 Å². The first-order valence-corrected chi connectivity index (χ1v) is 41.2. The third-order valence-electron chi connectivity index (χ3n) is 21.3. The van der Waals surface area contributed by atoms with Gasteiger partial charge in [0.05, 0.1) is 75.1 Å². The first-order valence-electron chi connectivity index (χ1n) is 41.2. The van der Waals surface area contributed by atoms with E-state index in [1.807, 2.05) is 115 Å². The van der Waals surface area contributed by atoms with Crippen LogP contribution in [0.2, 0.25) is 0 Å². The third-order valence-corrected chi connectivity index (χ3v) is 21.3. The number of primary amides is 1. The minimum absolute atomic E-state index is 0.0143. The van der Waals surface area contributed by atoms with Crippen LogP contribution < -0.4 is 67.0 Å². The number of hydrogen-bond donors (Lipinski definition) is 8. The summed E-state index contributed by atoms with van der Waals surface area (Å²) in [6.07, 6.45) is 5.30. The molecule has 0 spiro atoms. The average Bonchev–Trinajstić information content (AvgIpc) is 1.60. The van der Waals surface area contributed by atoms with Crippen molar-refractivity contribution in [1.29, 1.82) is 5.26 Å². The van der Waals surface area contributed by atoms with Crippen molar-refractivity contribution in [3.8, 4) is 23.3 Å². The number of rotatable bonds is 43. The standard InChI is InChI=1S/C94H107N13O16/c1-9-74(65-19-12-10-13-20-65)85(68-34-41-73(42-35-68)123-58-63-25-37-71(38-26-63)100-90(114)77(23-18-47-99-94(96)118)101-91(115)86(60(2)3)102-81(108)24-14-11-17-49-105-82(109)45-46-83(105)110)67-32-39-72(40-33-67)122-52-50-104(7)84(111)59-121-54-53-120-51-48-98-89(113)69-28-30-70(31-29-69)92(116)107-62(5)87(103-88(112)61(4)97-6)93(117)106(78-43-27-64(56-95)55-79(78)107)57-76-75-22-16-15-21-66(75)36-44-80(76)119-8/h10,12-13,15-16,19-22,25-46,55,60-62,77,86-87,97H,9,11,14,17-18,23-24,47-54,57-59H2,1-8H3,(H,98,113)(H,100,114)(H,101,115)(H,102,108)(H,103,112)(H3,96,99,118)/b85-74-/t61-,62-,77-,86-,87-/m0/s1. The summed E-state index contributed by atoms with van der Waals surface area (Å²) >= 11 is 0. The number of allylic oxidation sites excluding steroid dienone is 1. The van der Waals surface area contributed by atoms with E-state index in [4.69, 9.17) is 29.4 Å². The topological polar surface area (TPSA) is 381 Å². The molecule has 8 aromatic carbocycles. The number of anilines is 3. The van der Waals surface area contributed by atoms with E-state index in [9.17, 15) is 53.2 Å². The molecule has 0 aliphatic carbocycles. The van der Waals surface area contributed by atoms with Gasteiger partial charge in [0.25, 0.3) is 29.5 Å². The maximum absolute atomic E-state index is 15.1. The zero-order valence-electron chi connectivity index (χ0n) is 70.5. The van der Waals surface area contributed by atoms with Gasteiger partial charge in [0, 0.05) is 67.6 Å². The van der Waals surface area contributed by atoms with Gasteiger partial charge in [-0.25, -0.2) is 4.79 Å². The van der Waals surface area contributed by atoms with Crippen LogP contribution in [0.3, 0.4) is 0 Å². The number of urea groups is 1. The second-order valence-electron chi connectivity index (χ2n) is 30.1. The highest BCUT2D eigenvalue weighted by atomic mass is 16.5. The van der Waals surface area contributed by atoms with Crippen LogP contribution in [0, 0.1) is 17.2 Å². The molecule has 5 atom stereocenters. The van der Waals surface area contributed by atoms with E-state index >= 15 is 4.79 Å². The summed E-state index contributed by atoms with van der Waals surface area (Å²) in [7, 11) is 4.83. The molecule has 9 N–H and O–H groups in total. The summed E-state index contributed by atoms with van der Waals surface area (Å²) in [6, 6.07) is 51.6. The molecule has 123 heavy (non-hydrogen) atoms. The first kappa shape index (κ1) is 91.7. The molecule has 12 amide bonds. The number of nitriles is 1. The number of nitrogens with zero attached hydrogens (tertiary/aromatic N) is 5. The number of imide groups is 1. The fraction of sp³-hybridized carbons (Fsp3) is 0.340. The molecular formula is C94H107N13O16. The van der Waals surface area contributed by atoms with Crippen LogP contribution in [0.4, 0.5) is 21.9 Å². The second kappa shape index (κ2) is 45.2. The first-order chi connectivity index (χ1) is 59.4.